The van der Waals surface area contributed by atoms with Gasteiger partial charge < -0.3 is 42.0 Å². The van der Waals surface area contributed by atoms with Gasteiger partial charge in [0.05, 0.1) is 12.2 Å². The molecular weight excluding hydrogens is 266 g/mol. The highest BCUT2D eigenvalue weighted by Crippen LogP contribution is 2.26. The van der Waals surface area contributed by atoms with Crippen LogP contribution in [0.15, 0.2) is 0 Å². The van der Waals surface area contributed by atoms with E-state index in [4.69, 9.17) is 26.7 Å². The van der Waals surface area contributed by atoms with Crippen LogP contribution < -0.4 is 17.2 Å². The molecule has 118 valence electrons. The molecule has 8 heteroatoms. The number of ether oxygens (including phenoxy) is 2. The van der Waals surface area contributed by atoms with Crippen molar-refractivity contribution in [3.8, 4) is 0 Å². The maximum atomic E-state index is 10.0. The van der Waals surface area contributed by atoms with E-state index in [9.17, 15) is 15.3 Å². The first-order valence-corrected chi connectivity index (χ1v) is 7.00. The fourth-order valence-electron chi connectivity index (χ4n) is 2.76. The molecule has 0 aromatic rings. The summed E-state index contributed by atoms with van der Waals surface area (Å²) in [7, 11) is 0. The van der Waals surface area contributed by atoms with E-state index in [0.29, 0.717) is 25.8 Å². The van der Waals surface area contributed by atoms with Gasteiger partial charge in [-0.1, -0.05) is 0 Å². The highest BCUT2D eigenvalue weighted by molar-refractivity contribution is 4.98. The molecule has 0 amide bonds. The third-order valence-electron chi connectivity index (χ3n) is 4.07. The van der Waals surface area contributed by atoms with Crippen molar-refractivity contribution in [3.63, 3.8) is 0 Å². The van der Waals surface area contributed by atoms with E-state index in [2.05, 4.69) is 0 Å². The molecule has 1 aliphatic carbocycles. The molecule has 0 radical (unpaired) electrons. The zero-order valence-corrected chi connectivity index (χ0v) is 11.3. The van der Waals surface area contributed by atoms with Gasteiger partial charge in [-0.25, -0.2) is 0 Å². The van der Waals surface area contributed by atoms with Crippen LogP contribution in [0.2, 0.25) is 0 Å². The Morgan fingerprint density at radius 3 is 2.40 bits per heavy atom. The molecule has 0 spiro atoms. The highest BCUT2D eigenvalue weighted by atomic mass is 16.7. The number of nitrogens with two attached hydrogens (primary N) is 3. The Morgan fingerprint density at radius 1 is 1.05 bits per heavy atom. The molecule has 1 saturated carbocycles. The van der Waals surface area contributed by atoms with Gasteiger partial charge in [-0.2, -0.15) is 0 Å². The van der Waals surface area contributed by atoms with Gasteiger partial charge in [0.2, 0.25) is 0 Å². The summed E-state index contributed by atoms with van der Waals surface area (Å²) in [5, 5.41) is 29.7. The van der Waals surface area contributed by atoms with Gasteiger partial charge in [0.15, 0.2) is 6.29 Å². The molecule has 0 unspecified atom stereocenters. The summed E-state index contributed by atoms with van der Waals surface area (Å²) in [4.78, 5) is 0. The van der Waals surface area contributed by atoms with Crippen molar-refractivity contribution in [1.82, 2.24) is 0 Å². The van der Waals surface area contributed by atoms with Gasteiger partial charge in [-0.3, -0.25) is 0 Å². The second-order valence-corrected chi connectivity index (χ2v) is 5.65. The molecule has 0 aromatic heterocycles. The molecule has 8 nitrogen and oxygen atoms in total. The van der Waals surface area contributed by atoms with E-state index in [1.54, 1.807) is 0 Å². The van der Waals surface area contributed by atoms with E-state index in [0.717, 1.165) is 0 Å². The first kappa shape index (κ1) is 16.1. The molecule has 1 aliphatic heterocycles. The van der Waals surface area contributed by atoms with Crippen molar-refractivity contribution in [3.05, 3.63) is 0 Å². The van der Waals surface area contributed by atoms with Crippen LogP contribution in [0.25, 0.3) is 0 Å². The standard InChI is InChI=1S/C12H25N3O5/c13-4-5-1-2-8(16)12(19-5)20-11-7(15)3-6(14)9(17)10(11)18/h5-12,16-18H,1-4,13-15H2/t5-,6+,7-,8+,9-,10+,11+,12+/m0/s1. The van der Waals surface area contributed by atoms with Crippen LogP contribution in [0, 0.1) is 0 Å². The molecule has 8 atom stereocenters. The molecule has 9 N–H and O–H groups in total. The van der Waals surface area contributed by atoms with Crippen LogP contribution in [0.4, 0.5) is 0 Å². The average Bonchev–Trinajstić information content (AvgIpc) is 2.43. The third-order valence-corrected chi connectivity index (χ3v) is 4.07. The minimum Gasteiger partial charge on any atom is -0.389 e. The summed E-state index contributed by atoms with van der Waals surface area (Å²) in [6.07, 6.45) is -3.54. The van der Waals surface area contributed by atoms with E-state index in [-0.39, 0.29) is 6.10 Å². The number of aliphatic hydroxyl groups excluding tert-OH is 3. The SMILES string of the molecule is NC[C@@H]1CC[C@@H](O)[C@@H](O[C@H]2[C@H](O)[C@@H](O)[C@H](N)C[C@@H]2N)O1. The van der Waals surface area contributed by atoms with Gasteiger partial charge in [-0.05, 0) is 19.3 Å². The minimum absolute atomic E-state index is 0.187. The van der Waals surface area contributed by atoms with Gasteiger partial charge >= 0.3 is 0 Å². The Bertz CT molecular complexity index is 321. The second-order valence-electron chi connectivity index (χ2n) is 5.65. The van der Waals surface area contributed by atoms with Gasteiger partial charge in [0.1, 0.15) is 18.3 Å². The Balaban J connectivity index is 2.00. The van der Waals surface area contributed by atoms with Crippen LogP contribution >= 0.6 is 0 Å². The lowest BCUT2D eigenvalue weighted by Crippen LogP contribution is -2.63. The topological polar surface area (TPSA) is 157 Å². The largest absolute Gasteiger partial charge is 0.389 e. The Morgan fingerprint density at radius 2 is 1.75 bits per heavy atom. The molecule has 0 aromatic carbocycles. The second kappa shape index (κ2) is 6.63. The molecule has 1 heterocycles. The molecule has 1 saturated heterocycles. The smallest absolute Gasteiger partial charge is 0.184 e. The Kier molecular flexibility index (Phi) is 5.32. The molecule has 2 rings (SSSR count). The molecular formula is C12H25N3O5. The first-order chi connectivity index (χ1) is 9.43. The summed E-state index contributed by atoms with van der Waals surface area (Å²) in [6.45, 7) is 0.333. The lowest BCUT2D eigenvalue weighted by molar-refractivity contribution is -0.278. The summed E-state index contributed by atoms with van der Waals surface area (Å²) in [5.74, 6) is 0. The normalized spacial score (nSPS) is 50.1. The zero-order chi connectivity index (χ0) is 14.9. The molecule has 2 fully saturated rings. The molecule has 0 bridgehead atoms. The predicted octanol–water partition coefficient (Wildman–Crippen LogP) is -3.02. The van der Waals surface area contributed by atoms with Crippen molar-refractivity contribution in [2.45, 2.75) is 68.2 Å². The van der Waals surface area contributed by atoms with Crippen molar-refractivity contribution < 1.29 is 24.8 Å². The van der Waals surface area contributed by atoms with Crippen molar-refractivity contribution in [2.75, 3.05) is 6.54 Å². The van der Waals surface area contributed by atoms with Gasteiger partial charge in [-0.15, -0.1) is 0 Å². The van der Waals surface area contributed by atoms with E-state index in [1.807, 2.05) is 0 Å². The van der Waals surface area contributed by atoms with E-state index >= 15 is 0 Å². The maximum Gasteiger partial charge on any atom is 0.184 e. The molecule has 20 heavy (non-hydrogen) atoms. The van der Waals surface area contributed by atoms with Crippen LogP contribution in [-0.4, -0.2) is 70.8 Å². The predicted molar refractivity (Wildman–Crippen MR) is 70.4 cm³/mol. The third kappa shape index (κ3) is 3.29. The number of hydrogen-bond donors (Lipinski definition) is 6. The number of aliphatic hydroxyl groups is 3. The Hall–Kier alpha value is -0.320. The zero-order valence-electron chi connectivity index (χ0n) is 11.3. The summed E-state index contributed by atoms with van der Waals surface area (Å²) in [5.41, 5.74) is 17.1. The van der Waals surface area contributed by atoms with Crippen molar-refractivity contribution in [2.24, 2.45) is 17.2 Å². The minimum atomic E-state index is -1.21. The van der Waals surface area contributed by atoms with Crippen LogP contribution in [0.1, 0.15) is 19.3 Å². The fraction of sp³-hybridized carbons (Fsp3) is 1.00. The van der Waals surface area contributed by atoms with Crippen LogP contribution in [-0.2, 0) is 9.47 Å². The van der Waals surface area contributed by atoms with Crippen LogP contribution in [0.5, 0.6) is 0 Å². The number of rotatable bonds is 3. The Labute approximate surface area is 117 Å². The summed E-state index contributed by atoms with van der Waals surface area (Å²) >= 11 is 0. The lowest BCUT2D eigenvalue weighted by atomic mass is 9.84. The molecule has 2 aliphatic rings. The fourth-order valence-corrected chi connectivity index (χ4v) is 2.76. The van der Waals surface area contributed by atoms with Gasteiger partial charge in [0.25, 0.3) is 0 Å². The lowest BCUT2D eigenvalue weighted by Gasteiger charge is -2.43. The first-order valence-electron chi connectivity index (χ1n) is 7.00. The summed E-state index contributed by atoms with van der Waals surface area (Å²) < 4.78 is 11.1. The van der Waals surface area contributed by atoms with Crippen molar-refractivity contribution >= 4 is 0 Å². The van der Waals surface area contributed by atoms with E-state index in [1.165, 1.54) is 0 Å². The monoisotopic (exact) mass is 291 g/mol. The van der Waals surface area contributed by atoms with Crippen LogP contribution in [0.3, 0.4) is 0 Å². The quantitative estimate of drug-likeness (QED) is 0.320. The van der Waals surface area contributed by atoms with Gasteiger partial charge in [0, 0.05) is 18.6 Å². The number of hydrogen-bond acceptors (Lipinski definition) is 8. The average molecular weight is 291 g/mol. The van der Waals surface area contributed by atoms with E-state index < -0.39 is 42.8 Å². The maximum absolute atomic E-state index is 10.0. The van der Waals surface area contributed by atoms with Crippen molar-refractivity contribution in [1.29, 1.82) is 0 Å². The summed E-state index contributed by atoms with van der Waals surface area (Å²) in [6, 6.07) is -1.12. The highest BCUT2D eigenvalue weighted by Gasteiger charge is 2.44.